The van der Waals surface area contributed by atoms with Crippen LogP contribution >= 0.6 is 0 Å². The molecule has 0 amide bonds. The monoisotopic (exact) mass is 330 g/mol. The molecule has 0 atom stereocenters. The Kier molecular flexibility index (Phi) is 5.58. The lowest BCUT2D eigenvalue weighted by Gasteiger charge is -2.13. The quantitative estimate of drug-likeness (QED) is 0.812. The summed E-state index contributed by atoms with van der Waals surface area (Å²) < 4.78 is 21.1. The van der Waals surface area contributed by atoms with Crippen LogP contribution in [-0.2, 0) is 0 Å². The molecule has 1 N–H and O–H groups in total. The van der Waals surface area contributed by atoms with Crippen LogP contribution in [0.2, 0.25) is 0 Å². The smallest absolute Gasteiger partial charge is 0.203 e. The van der Waals surface area contributed by atoms with Gasteiger partial charge in [-0.1, -0.05) is 12.1 Å². The molecule has 2 aromatic carbocycles. The first kappa shape index (κ1) is 17.5. The summed E-state index contributed by atoms with van der Waals surface area (Å²) in [7, 11) is 6.26. The van der Waals surface area contributed by atoms with Crippen molar-refractivity contribution in [2.45, 2.75) is 6.92 Å². The zero-order valence-corrected chi connectivity index (χ0v) is 14.5. The van der Waals surface area contributed by atoms with Gasteiger partial charge in [0.15, 0.2) is 23.0 Å². The van der Waals surface area contributed by atoms with Crippen molar-refractivity contribution < 1.29 is 24.1 Å². The minimum absolute atomic E-state index is 0.104. The Balaban J connectivity index is 2.44. The zero-order valence-electron chi connectivity index (χ0n) is 14.5. The van der Waals surface area contributed by atoms with Crippen molar-refractivity contribution in [3.05, 3.63) is 41.5 Å². The van der Waals surface area contributed by atoms with Crippen molar-refractivity contribution in [1.82, 2.24) is 0 Å². The van der Waals surface area contributed by atoms with E-state index in [1.807, 2.05) is 31.2 Å². The van der Waals surface area contributed by atoms with Crippen molar-refractivity contribution in [3.8, 4) is 28.7 Å². The predicted molar refractivity (Wildman–Crippen MR) is 94.3 cm³/mol. The van der Waals surface area contributed by atoms with E-state index in [2.05, 4.69) is 0 Å². The van der Waals surface area contributed by atoms with Gasteiger partial charge in [0.05, 0.1) is 28.4 Å². The molecule has 0 aliphatic heterocycles. The number of benzene rings is 2. The number of hydrogen-bond donors (Lipinski definition) is 1. The molecule has 0 radical (unpaired) electrons. The lowest BCUT2D eigenvalue weighted by atomic mass is 10.0. The molecule has 0 bridgehead atoms. The van der Waals surface area contributed by atoms with E-state index in [0.717, 1.165) is 16.7 Å². The van der Waals surface area contributed by atoms with E-state index in [1.165, 1.54) is 7.11 Å². The highest BCUT2D eigenvalue weighted by Crippen LogP contribution is 2.39. The highest BCUT2D eigenvalue weighted by Gasteiger charge is 2.12. The van der Waals surface area contributed by atoms with Crippen molar-refractivity contribution in [1.29, 1.82) is 0 Å². The number of allylic oxidation sites excluding steroid dienone is 1. The van der Waals surface area contributed by atoms with Gasteiger partial charge in [0.25, 0.3) is 0 Å². The number of rotatable bonds is 6. The Labute approximate surface area is 142 Å². The summed E-state index contributed by atoms with van der Waals surface area (Å²) in [6.07, 6.45) is 1.98. The van der Waals surface area contributed by atoms with Gasteiger partial charge in [-0.25, -0.2) is 0 Å². The van der Waals surface area contributed by atoms with Crippen LogP contribution in [0.3, 0.4) is 0 Å². The number of hydrogen-bond acceptors (Lipinski definition) is 5. The average molecular weight is 330 g/mol. The van der Waals surface area contributed by atoms with Crippen molar-refractivity contribution in [2.24, 2.45) is 0 Å². The lowest BCUT2D eigenvalue weighted by molar-refractivity contribution is 0.324. The fourth-order valence-corrected chi connectivity index (χ4v) is 2.45. The van der Waals surface area contributed by atoms with Gasteiger partial charge in [-0.2, -0.15) is 0 Å². The predicted octanol–water partition coefficient (Wildman–Crippen LogP) is 3.99. The summed E-state index contributed by atoms with van der Waals surface area (Å²) in [5.41, 5.74) is 2.77. The summed E-state index contributed by atoms with van der Waals surface area (Å²) in [6, 6.07) is 9.03. The second-order valence-electron chi connectivity index (χ2n) is 5.17. The summed E-state index contributed by atoms with van der Waals surface area (Å²) in [5, 5.41) is 9.93. The van der Waals surface area contributed by atoms with Gasteiger partial charge in [-0.05, 0) is 47.9 Å². The fourth-order valence-electron chi connectivity index (χ4n) is 2.45. The largest absolute Gasteiger partial charge is 0.504 e. The summed E-state index contributed by atoms with van der Waals surface area (Å²) in [6.45, 7) is 1.96. The summed E-state index contributed by atoms with van der Waals surface area (Å²) >= 11 is 0. The third kappa shape index (κ3) is 3.56. The van der Waals surface area contributed by atoms with Gasteiger partial charge in [-0.15, -0.1) is 0 Å². The van der Waals surface area contributed by atoms with Gasteiger partial charge in [-0.3, -0.25) is 0 Å². The van der Waals surface area contributed by atoms with Crippen molar-refractivity contribution >= 4 is 11.6 Å². The number of phenols is 1. The molecule has 24 heavy (non-hydrogen) atoms. The van der Waals surface area contributed by atoms with Crippen molar-refractivity contribution in [2.75, 3.05) is 28.4 Å². The average Bonchev–Trinajstić information content (AvgIpc) is 2.60. The number of phenolic OH excluding ortho intramolecular Hbond substituents is 1. The molecule has 0 aromatic heterocycles. The molecular formula is C19H22O5. The topological polar surface area (TPSA) is 57.2 Å². The Morgan fingerprint density at radius 2 is 1.42 bits per heavy atom. The number of methoxy groups -OCH3 is 4. The molecule has 0 spiro atoms. The number of aromatic hydroxyl groups is 1. The van der Waals surface area contributed by atoms with Crippen LogP contribution in [0, 0.1) is 0 Å². The Morgan fingerprint density at radius 1 is 0.833 bits per heavy atom. The van der Waals surface area contributed by atoms with Crippen LogP contribution in [0.5, 0.6) is 28.7 Å². The van der Waals surface area contributed by atoms with E-state index in [0.29, 0.717) is 23.0 Å². The zero-order chi connectivity index (χ0) is 17.7. The second kappa shape index (κ2) is 7.64. The Hall–Kier alpha value is -2.82. The van der Waals surface area contributed by atoms with Crippen LogP contribution in [0.15, 0.2) is 30.3 Å². The normalized spacial score (nSPS) is 11.1. The van der Waals surface area contributed by atoms with Crippen molar-refractivity contribution in [3.63, 3.8) is 0 Å². The summed E-state index contributed by atoms with van der Waals surface area (Å²) in [4.78, 5) is 0. The minimum atomic E-state index is 0.104. The molecule has 2 rings (SSSR count). The molecule has 0 aliphatic carbocycles. The first-order valence-electron chi connectivity index (χ1n) is 7.39. The van der Waals surface area contributed by atoms with Gasteiger partial charge < -0.3 is 24.1 Å². The SMILES string of the molecule is COc1ccc(/C(C)=C\c2cc(OC)c(OC)c(OC)c2)cc1O. The van der Waals surface area contributed by atoms with Crippen LogP contribution < -0.4 is 18.9 Å². The molecule has 5 heteroatoms. The van der Waals surface area contributed by atoms with Crippen LogP contribution in [0.25, 0.3) is 11.6 Å². The van der Waals surface area contributed by atoms with Crippen LogP contribution in [0.4, 0.5) is 0 Å². The maximum Gasteiger partial charge on any atom is 0.203 e. The maximum absolute atomic E-state index is 9.93. The molecule has 0 saturated heterocycles. The Bertz CT molecular complexity index is 724. The van der Waals surface area contributed by atoms with E-state index in [-0.39, 0.29) is 5.75 Å². The molecule has 0 unspecified atom stereocenters. The molecule has 0 aliphatic rings. The first-order chi connectivity index (χ1) is 11.5. The molecule has 2 aromatic rings. The van der Waals surface area contributed by atoms with E-state index >= 15 is 0 Å². The maximum atomic E-state index is 9.93. The molecule has 128 valence electrons. The Morgan fingerprint density at radius 3 is 1.88 bits per heavy atom. The van der Waals surface area contributed by atoms with E-state index < -0.39 is 0 Å². The number of ether oxygens (including phenoxy) is 4. The molecule has 0 saturated carbocycles. The van der Waals surface area contributed by atoms with Gasteiger partial charge >= 0.3 is 0 Å². The lowest BCUT2D eigenvalue weighted by Crippen LogP contribution is -1.95. The van der Waals surface area contributed by atoms with E-state index in [4.69, 9.17) is 18.9 Å². The summed E-state index contributed by atoms with van der Waals surface area (Å²) in [5.74, 6) is 2.28. The molecular weight excluding hydrogens is 308 g/mol. The fraction of sp³-hybridized carbons (Fsp3) is 0.263. The third-order valence-electron chi connectivity index (χ3n) is 3.70. The molecule has 5 nitrogen and oxygen atoms in total. The minimum Gasteiger partial charge on any atom is -0.504 e. The van der Waals surface area contributed by atoms with Gasteiger partial charge in [0.2, 0.25) is 5.75 Å². The standard InChI is InChI=1S/C19H22O5/c1-12(14-6-7-16(21-2)15(20)11-14)8-13-9-17(22-3)19(24-5)18(10-13)23-4/h6-11,20H,1-5H3/b12-8-. The second-order valence-corrected chi connectivity index (χ2v) is 5.17. The highest BCUT2D eigenvalue weighted by atomic mass is 16.5. The van der Waals surface area contributed by atoms with Crippen LogP contribution in [0.1, 0.15) is 18.1 Å². The van der Waals surface area contributed by atoms with E-state index in [1.54, 1.807) is 33.5 Å². The highest BCUT2D eigenvalue weighted by molar-refractivity contribution is 5.82. The van der Waals surface area contributed by atoms with E-state index in [9.17, 15) is 5.11 Å². The first-order valence-corrected chi connectivity index (χ1v) is 7.39. The van der Waals surface area contributed by atoms with Crippen LogP contribution in [-0.4, -0.2) is 33.5 Å². The van der Waals surface area contributed by atoms with Gasteiger partial charge in [0, 0.05) is 0 Å². The third-order valence-corrected chi connectivity index (χ3v) is 3.70. The molecule has 0 heterocycles. The molecule has 0 fully saturated rings. The van der Waals surface area contributed by atoms with Gasteiger partial charge in [0.1, 0.15) is 0 Å².